The highest BCUT2D eigenvalue weighted by Gasteiger charge is 2.02. The summed E-state index contributed by atoms with van der Waals surface area (Å²) in [6.07, 6.45) is 4.06. The van der Waals surface area contributed by atoms with Crippen LogP contribution in [-0.2, 0) is 10.5 Å². The number of nitrogens with zero attached hydrogens (tertiary/aromatic N) is 1. The number of thioether (sulfide) groups is 1. The van der Waals surface area contributed by atoms with Crippen molar-refractivity contribution in [1.82, 2.24) is 4.98 Å². The van der Waals surface area contributed by atoms with Gasteiger partial charge in [0.1, 0.15) is 5.82 Å². The largest absolute Gasteiger partial charge is 0.478 e. The van der Waals surface area contributed by atoms with Gasteiger partial charge in [0.25, 0.3) is 0 Å². The Kier molecular flexibility index (Phi) is 5.52. The number of halogens is 2. The summed E-state index contributed by atoms with van der Waals surface area (Å²) in [6.45, 7) is 0. The van der Waals surface area contributed by atoms with Crippen molar-refractivity contribution in [3.63, 3.8) is 0 Å². The monoisotopic (exact) mass is 367 g/mol. The van der Waals surface area contributed by atoms with Crippen molar-refractivity contribution in [2.75, 3.05) is 0 Å². The average Bonchev–Trinajstić information content (AvgIpc) is 2.44. The number of carboxylic acid groups (broad SMARTS) is 1. The van der Waals surface area contributed by atoms with Crippen molar-refractivity contribution < 1.29 is 14.3 Å². The van der Waals surface area contributed by atoms with Gasteiger partial charge in [-0.1, -0.05) is 6.07 Å². The molecule has 1 heterocycles. The van der Waals surface area contributed by atoms with Gasteiger partial charge in [-0.05, 0) is 57.4 Å². The van der Waals surface area contributed by atoms with Gasteiger partial charge in [-0.25, -0.2) is 14.2 Å². The van der Waals surface area contributed by atoms with Crippen molar-refractivity contribution >= 4 is 39.7 Å². The predicted octanol–water partition coefficient (Wildman–Crippen LogP) is 4.37. The maximum Gasteiger partial charge on any atom is 0.328 e. The normalized spacial score (nSPS) is 11.0. The molecule has 0 aliphatic heterocycles. The zero-order chi connectivity index (χ0) is 15.2. The molecule has 1 N–H and O–H groups in total. The van der Waals surface area contributed by atoms with E-state index in [1.807, 2.05) is 12.1 Å². The van der Waals surface area contributed by atoms with Crippen LogP contribution in [0.4, 0.5) is 4.39 Å². The topological polar surface area (TPSA) is 50.2 Å². The molecule has 0 saturated carbocycles. The number of hydrogen-bond donors (Lipinski definition) is 1. The van der Waals surface area contributed by atoms with E-state index in [0.29, 0.717) is 11.3 Å². The molecule has 6 heteroatoms. The lowest BCUT2D eigenvalue weighted by molar-refractivity contribution is -0.131. The van der Waals surface area contributed by atoms with Crippen LogP contribution in [0, 0.1) is 5.82 Å². The van der Waals surface area contributed by atoms with E-state index in [1.54, 1.807) is 12.3 Å². The average molecular weight is 368 g/mol. The van der Waals surface area contributed by atoms with Crippen LogP contribution in [-0.4, -0.2) is 16.1 Å². The lowest BCUT2D eigenvalue weighted by atomic mass is 10.1. The first kappa shape index (κ1) is 15.7. The van der Waals surface area contributed by atoms with Gasteiger partial charge < -0.3 is 5.11 Å². The van der Waals surface area contributed by atoms with Crippen LogP contribution in [0.5, 0.6) is 0 Å². The van der Waals surface area contributed by atoms with E-state index in [2.05, 4.69) is 20.9 Å². The molecule has 0 fully saturated rings. The second kappa shape index (κ2) is 7.38. The van der Waals surface area contributed by atoms with E-state index >= 15 is 0 Å². The van der Waals surface area contributed by atoms with Crippen molar-refractivity contribution in [3.05, 3.63) is 64.0 Å². The summed E-state index contributed by atoms with van der Waals surface area (Å²) >= 11 is 4.80. The van der Waals surface area contributed by atoms with Crippen LogP contribution in [0.25, 0.3) is 6.08 Å². The second-order valence-corrected chi connectivity index (χ2v) is 6.08. The van der Waals surface area contributed by atoms with Crippen molar-refractivity contribution in [2.24, 2.45) is 0 Å². The molecule has 0 saturated heterocycles. The Morgan fingerprint density at radius 3 is 2.86 bits per heavy atom. The minimum atomic E-state index is -1.06. The van der Waals surface area contributed by atoms with Gasteiger partial charge in [-0.15, -0.1) is 11.8 Å². The summed E-state index contributed by atoms with van der Waals surface area (Å²) in [7, 11) is 0. The van der Waals surface area contributed by atoms with E-state index < -0.39 is 5.97 Å². The van der Waals surface area contributed by atoms with Crippen molar-refractivity contribution in [3.8, 4) is 0 Å². The molecule has 3 nitrogen and oxygen atoms in total. The maximum atomic E-state index is 13.5. The zero-order valence-corrected chi connectivity index (χ0v) is 13.2. The van der Waals surface area contributed by atoms with E-state index in [1.165, 1.54) is 30.0 Å². The third-order valence-electron chi connectivity index (χ3n) is 2.49. The molecular weight excluding hydrogens is 357 g/mol. The summed E-state index contributed by atoms with van der Waals surface area (Å²) in [6, 6.07) is 8.26. The molecule has 0 aliphatic carbocycles. The molecule has 2 aromatic rings. The Morgan fingerprint density at radius 1 is 1.38 bits per heavy atom. The first-order chi connectivity index (χ1) is 10.0. The number of benzene rings is 1. The molecule has 1 aromatic heterocycles. The lowest BCUT2D eigenvalue weighted by Crippen LogP contribution is -1.89. The molecule has 21 heavy (non-hydrogen) atoms. The molecule has 0 radical (unpaired) electrons. The fourth-order valence-corrected chi connectivity index (χ4v) is 2.63. The number of aliphatic carboxylic acids is 1. The SMILES string of the molecule is O=C(O)C=Cc1cc(F)cc(CSc2ccc(Br)cn2)c1. The summed E-state index contributed by atoms with van der Waals surface area (Å²) in [5.74, 6) is -0.892. The quantitative estimate of drug-likeness (QED) is 0.629. The van der Waals surface area contributed by atoms with Gasteiger partial charge in [0, 0.05) is 22.5 Å². The second-order valence-electron chi connectivity index (χ2n) is 4.17. The molecule has 0 aliphatic rings. The van der Waals surface area contributed by atoms with Crippen LogP contribution < -0.4 is 0 Å². The number of carbonyl (C=O) groups is 1. The Balaban J connectivity index is 2.09. The summed E-state index contributed by atoms with van der Waals surface area (Å²) in [4.78, 5) is 14.7. The highest BCUT2D eigenvalue weighted by atomic mass is 79.9. The summed E-state index contributed by atoms with van der Waals surface area (Å²) < 4.78 is 14.4. The molecule has 0 amide bonds. The van der Waals surface area contributed by atoms with Gasteiger partial charge in [0.05, 0.1) is 5.03 Å². The van der Waals surface area contributed by atoms with Gasteiger partial charge in [-0.2, -0.15) is 0 Å². The maximum absolute atomic E-state index is 13.5. The Bertz CT molecular complexity index is 674. The van der Waals surface area contributed by atoms with Crippen LogP contribution in [0.2, 0.25) is 0 Å². The van der Waals surface area contributed by atoms with E-state index in [0.717, 1.165) is 21.1 Å². The smallest absolute Gasteiger partial charge is 0.328 e. The summed E-state index contributed by atoms with van der Waals surface area (Å²) in [5, 5.41) is 9.43. The number of rotatable bonds is 5. The highest BCUT2D eigenvalue weighted by Crippen LogP contribution is 2.23. The Morgan fingerprint density at radius 2 is 2.19 bits per heavy atom. The van der Waals surface area contributed by atoms with Gasteiger partial charge >= 0.3 is 5.97 Å². The first-order valence-electron chi connectivity index (χ1n) is 5.98. The standard InChI is InChI=1S/C15H11BrFNO2S/c16-12-2-3-14(18-8-12)21-9-11-5-10(1-4-15(19)20)6-13(17)7-11/h1-8H,9H2,(H,19,20). The van der Waals surface area contributed by atoms with Crippen LogP contribution in [0.15, 0.2) is 52.1 Å². The molecular formula is C15H11BrFNO2S. The number of hydrogen-bond acceptors (Lipinski definition) is 3. The molecule has 2 rings (SSSR count). The van der Waals surface area contributed by atoms with Crippen molar-refractivity contribution in [2.45, 2.75) is 10.8 Å². The van der Waals surface area contributed by atoms with E-state index in [9.17, 15) is 9.18 Å². The predicted molar refractivity (Wildman–Crippen MR) is 84.6 cm³/mol. The minimum absolute atomic E-state index is 0.387. The van der Waals surface area contributed by atoms with Gasteiger partial charge in [0.15, 0.2) is 0 Å². The Labute approximate surface area is 134 Å². The van der Waals surface area contributed by atoms with Gasteiger partial charge in [0.2, 0.25) is 0 Å². The van der Waals surface area contributed by atoms with E-state index in [4.69, 9.17) is 5.11 Å². The highest BCUT2D eigenvalue weighted by molar-refractivity contribution is 9.10. The molecule has 0 spiro atoms. The zero-order valence-electron chi connectivity index (χ0n) is 10.8. The molecule has 0 atom stereocenters. The Hall–Kier alpha value is -1.66. The molecule has 108 valence electrons. The lowest BCUT2D eigenvalue weighted by Gasteiger charge is -2.04. The minimum Gasteiger partial charge on any atom is -0.478 e. The van der Waals surface area contributed by atoms with E-state index in [-0.39, 0.29) is 5.82 Å². The van der Waals surface area contributed by atoms with Gasteiger partial charge in [-0.3, -0.25) is 0 Å². The van der Waals surface area contributed by atoms with Crippen LogP contribution in [0.1, 0.15) is 11.1 Å². The molecule has 1 aromatic carbocycles. The first-order valence-corrected chi connectivity index (χ1v) is 7.75. The van der Waals surface area contributed by atoms with Crippen LogP contribution in [0.3, 0.4) is 0 Å². The fraction of sp³-hybridized carbons (Fsp3) is 0.0667. The van der Waals surface area contributed by atoms with Crippen molar-refractivity contribution in [1.29, 1.82) is 0 Å². The molecule has 0 bridgehead atoms. The third kappa shape index (κ3) is 5.32. The molecule has 0 unspecified atom stereocenters. The fourth-order valence-electron chi connectivity index (χ4n) is 1.63. The number of aromatic nitrogens is 1. The third-order valence-corrected chi connectivity index (χ3v) is 3.97. The number of pyridine rings is 1. The summed E-state index contributed by atoms with van der Waals surface area (Å²) in [5.41, 5.74) is 1.30. The number of carboxylic acids is 1. The van der Waals surface area contributed by atoms with Crippen LogP contribution >= 0.6 is 27.7 Å².